The Hall–Kier alpha value is -5.25. The summed E-state index contributed by atoms with van der Waals surface area (Å²) in [6, 6.07) is 23.8. The second kappa shape index (κ2) is 11.5. The van der Waals surface area contributed by atoms with Crippen molar-refractivity contribution in [2.24, 2.45) is 0 Å². The number of nitrogens with zero attached hydrogens (tertiary/aromatic N) is 7. The van der Waals surface area contributed by atoms with E-state index in [-0.39, 0.29) is 5.69 Å². The molecule has 0 aliphatic heterocycles. The standard InChI is InChI=1S/C31H28N8O2/c1-3-4-12-27-33-26-18-24(25-11-7-8-17-32-25)28(31(40)41-2)34-30(26)39(27)19-20-13-15-21(16-14-20)22-9-5-6-10-23(22)29-35-37-38-36-29/h5-11,13-18H,3-4,12,19H2,1-2H3,(H,35,36,37,38). The molecule has 204 valence electrons. The molecule has 0 unspecified atom stereocenters. The zero-order valence-corrected chi connectivity index (χ0v) is 22.8. The van der Waals surface area contributed by atoms with E-state index in [9.17, 15) is 4.79 Å². The number of rotatable bonds is 9. The van der Waals surface area contributed by atoms with Gasteiger partial charge in [0.2, 0.25) is 0 Å². The van der Waals surface area contributed by atoms with Gasteiger partial charge >= 0.3 is 5.97 Å². The van der Waals surface area contributed by atoms with Crippen LogP contribution in [-0.2, 0) is 17.7 Å². The molecule has 0 radical (unpaired) electrons. The maximum absolute atomic E-state index is 12.8. The lowest BCUT2D eigenvalue weighted by molar-refractivity contribution is 0.0595. The number of pyridine rings is 2. The number of ether oxygens (including phenoxy) is 1. The third-order valence-electron chi connectivity index (χ3n) is 7.01. The Morgan fingerprint density at radius 2 is 1.76 bits per heavy atom. The molecule has 2 aromatic carbocycles. The molecule has 10 heteroatoms. The number of benzene rings is 2. The number of esters is 1. The highest BCUT2D eigenvalue weighted by Crippen LogP contribution is 2.31. The van der Waals surface area contributed by atoms with E-state index in [0.29, 0.717) is 29.3 Å². The summed E-state index contributed by atoms with van der Waals surface area (Å²) in [5.41, 5.74) is 6.91. The number of aryl methyl sites for hydroxylation is 1. The minimum atomic E-state index is -0.514. The van der Waals surface area contributed by atoms with Crippen molar-refractivity contribution in [3.05, 3.63) is 96.1 Å². The quantitative estimate of drug-likeness (QED) is 0.236. The third-order valence-corrected chi connectivity index (χ3v) is 7.01. The minimum Gasteiger partial charge on any atom is -0.464 e. The van der Waals surface area contributed by atoms with Crippen LogP contribution in [0.3, 0.4) is 0 Å². The first-order valence-electron chi connectivity index (χ1n) is 13.5. The van der Waals surface area contributed by atoms with Crippen LogP contribution < -0.4 is 0 Å². The van der Waals surface area contributed by atoms with Gasteiger partial charge in [0, 0.05) is 23.7 Å². The molecule has 1 N–H and O–H groups in total. The lowest BCUT2D eigenvalue weighted by Crippen LogP contribution is -2.10. The molecular weight excluding hydrogens is 516 g/mol. The van der Waals surface area contributed by atoms with Gasteiger partial charge in [0.05, 0.1) is 19.3 Å². The fraction of sp³-hybridized carbons (Fsp3) is 0.194. The third kappa shape index (κ3) is 5.19. The molecule has 10 nitrogen and oxygen atoms in total. The van der Waals surface area contributed by atoms with Crippen LogP contribution in [-0.4, -0.2) is 53.2 Å². The van der Waals surface area contributed by atoms with Crippen molar-refractivity contribution in [1.29, 1.82) is 0 Å². The molecule has 0 bridgehead atoms. The van der Waals surface area contributed by atoms with Gasteiger partial charge in [-0.25, -0.2) is 19.9 Å². The maximum Gasteiger partial charge on any atom is 0.357 e. The largest absolute Gasteiger partial charge is 0.464 e. The maximum atomic E-state index is 12.8. The van der Waals surface area contributed by atoms with Crippen LogP contribution >= 0.6 is 0 Å². The molecule has 4 aromatic heterocycles. The first-order valence-corrected chi connectivity index (χ1v) is 13.5. The van der Waals surface area contributed by atoms with Crippen molar-refractivity contribution in [3.63, 3.8) is 0 Å². The van der Waals surface area contributed by atoms with Gasteiger partial charge in [0.25, 0.3) is 0 Å². The zero-order valence-electron chi connectivity index (χ0n) is 22.8. The minimum absolute atomic E-state index is 0.218. The van der Waals surface area contributed by atoms with E-state index in [1.54, 1.807) is 6.20 Å². The number of aromatic amines is 1. The molecule has 0 aliphatic rings. The first-order chi connectivity index (χ1) is 20.2. The summed E-state index contributed by atoms with van der Waals surface area (Å²) in [4.78, 5) is 27.0. The molecule has 6 rings (SSSR count). The van der Waals surface area contributed by atoms with E-state index < -0.39 is 5.97 Å². The highest BCUT2D eigenvalue weighted by Gasteiger charge is 2.22. The Balaban J connectivity index is 1.40. The lowest BCUT2D eigenvalue weighted by atomic mass is 9.98. The fourth-order valence-corrected chi connectivity index (χ4v) is 4.94. The highest BCUT2D eigenvalue weighted by molar-refractivity contribution is 5.98. The Bertz CT molecular complexity index is 1800. The predicted octanol–water partition coefficient (Wildman–Crippen LogP) is 5.52. The van der Waals surface area contributed by atoms with E-state index in [2.05, 4.69) is 67.4 Å². The van der Waals surface area contributed by atoms with E-state index in [0.717, 1.165) is 52.9 Å². The normalized spacial score (nSPS) is 11.2. The average molecular weight is 545 g/mol. The van der Waals surface area contributed by atoms with Crippen LogP contribution in [0, 0.1) is 0 Å². The number of nitrogens with one attached hydrogen (secondary N) is 1. The van der Waals surface area contributed by atoms with Gasteiger partial charge in [-0.3, -0.25) is 4.98 Å². The number of hydrogen-bond donors (Lipinski definition) is 1. The Labute approximate surface area is 236 Å². The number of unbranched alkanes of at least 4 members (excludes halogenated alkanes) is 1. The van der Waals surface area contributed by atoms with Crippen LogP contribution in [0.5, 0.6) is 0 Å². The van der Waals surface area contributed by atoms with Crippen molar-refractivity contribution in [3.8, 4) is 33.8 Å². The molecule has 0 fully saturated rings. The summed E-state index contributed by atoms with van der Waals surface area (Å²) in [5.74, 6) is 1.03. The number of fused-ring (bicyclic) bond motifs is 1. The number of carbonyl (C=O) groups is 1. The van der Waals surface area contributed by atoms with Crippen LogP contribution in [0.2, 0.25) is 0 Å². The van der Waals surface area contributed by atoms with Crippen LogP contribution in [0.25, 0.3) is 44.9 Å². The van der Waals surface area contributed by atoms with Gasteiger partial charge in [-0.2, -0.15) is 0 Å². The fourth-order valence-electron chi connectivity index (χ4n) is 4.94. The SMILES string of the molecule is CCCCc1nc2cc(-c3ccccn3)c(C(=O)OC)nc2n1Cc1ccc(-c2ccccc2-c2nnn[nH]2)cc1. The number of imidazole rings is 1. The zero-order chi connectivity index (χ0) is 28.2. The lowest BCUT2D eigenvalue weighted by Gasteiger charge is -2.12. The number of methoxy groups -OCH3 is 1. The van der Waals surface area contributed by atoms with Gasteiger partial charge in [0.1, 0.15) is 11.3 Å². The Morgan fingerprint density at radius 1 is 0.951 bits per heavy atom. The number of tetrazole rings is 1. The highest BCUT2D eigenvalue weighted by atomic mass is 16.5. The van der Waals surface area contributed by atoms with Gasteiger partial charge in [-0.05, 0) is 51.7 Å². The predicted molar refractivity (Wildman–Crippen MR) is 155 cm³/mol. The summed E-state index contributed by atoms with van der Waals surface area (Å²) in [6.45, 7) is 2.71. The van der Waals surface area contributed by atoms with Crippen LogP contribution in [0.4, 0.5) is 0 Å². The van der Waals surface area contributed by atoms with Gasteiger partial charge in [0.15, 0.2) is 17.2 Å². The van der Waals surface area contributed by atoms with Crippen molar-refractivity contribution in [2.45, 2.75) is 32.7 Å². The summed E-state index contributed by atoms with van der Waals surface area (Å²) in [6.07, 6.45) is 4.52. The number of aromatic nitrogens is 8. The molecule has 4 heterocycles. The van der Waals surface area contributed by atoms with Crippen LogP contribution in [0.15, 0.2) is 79.0 Å². The summed E-state index contributed by atoms with van der Waals surface area (Å²) in [5, 5.41) is 14.4. The number of hydrogen-bond acceptors (Lipinski definition) is 8. The smallest absolute Gasteiger partial charge is 0.357 e. The molecule has 0 saturated heterocycles. The number of H-pyrrole nitrogens is 1. The topological polar surface area (TPSA) is 124 Å². The van der Waals surface area contributed by atoms with E-state index in [1.165, 1.54) is 7.11 Å². The molecule has 41 heavy (non-hydrogen) atoms. The number of carbonyl (C=O) groups excluding carboxylic acids is 1. The monoisotopic (exact) mass is 544 g/mol. The second-order valence-electron chi connectivity index (χ2n) is 9.64. The molecular formula is C31H28N8O2. The Kier molecular flexibility index (Phi) is 7.27. The summed E-state index contributed by atoms with van der Waals surface area (Å²) >= 11 is 0. The van der Waals surface area contributed by atoms with Crippen LogP contribution in [0.1, 0.15) is 41.6 Å². The van der Waals surface area contributed by atoms with Crippen molar-refractivity contribution >= 4 is 17.1 Å². The van der Waals surface area contributed by atoms with Crippen molar-refractivity contribution in [1.82, 2.24) is 40.1 Å². The molecule has 0 atom stereocenters. The van der Waals surface area contributed by atoms with Gasteiger partial charge < -0.3 is 9.30 Å². The van der Waals surface area contributed by atoms with Gasteiger partial charge in [-0.15, -0.1) is 5.10 Å². The summed E-state index contributed by atoms with van der Waals surface area (Å²) in [7, 11) is 1.36. The molecule has 0 amide bonds. The summed E-state index contributed by atoms with van der Waals surface area (Å²) < 4.78 is 7.20. The van der Waals surface area contributed by atoms with Gasteiger partial charge in [-0.1, -0.05) is 67.9 Å². The van der Waals surface area contributed by atoms with Crippen molar-refractivity contribution < 1.29 is 9.53 Å². The van der Waals surface area contributed by atoms with E-state index in [1.807, 2.05) is 42.5 Å². The molecule has 0 aliphatic carbocycles. The molecule has 6 aromatic rings. The molecule has 0 spiro atoms. The molecule has 0 saturated carbocycles. The Morgan fingerprint density at radius 3 is 2.46 bits per heavy atom. The average Bonchev–Trinajstić information content (AvgIpc) is 3.68. The van der Waals surface area contributed by atoms with E-state index >= 15 is 0 Å². The first kappa shape index (κ1) is 26.0. The van der Waals surface area contributed by atoms with E-state index in [4.69, 9.17) is 14.7 Å². The van der Waals surface area contributed by atoms with Crippen molar-refractivity contribution in [2.75, 3.05) is 7.11 Å². The second-order valence-corrected chi connectivity index (χ2v) is 9.64.